The van der Waals surface area contributed by atoms with Gasteiger partial charge >= 0.3 is 5.97 Å². The highest BCUT2D eigenvalue weighted by molar-refractivity contribution is 9.10. The quantitative estimate of drug-likeness (QED) is 0.201. The minimum atomic E-state index is -0.595. The third kappa shape index (κ3) is 5.02. The molecule has 1 heterocycles. The number of furan rings is 1. The van der Waals surface area contributed by atoms with Gasteiger partial charge in [-0.2, -0.15) is 5.10 Å². The third-order valence-corrected chi connectivity index (χ3v) is 3.78. The number of halogens is 1. The van der Waals surface area contributed by atoms with E-state index in [1.165, 1.54) is 18.2 Å². The van der Waals surface area contributed by atoms with Crippen LogP contribution in [0.15, 0.2) is 74.9 Å². The Bertz CT molecular complexity index is 981. The van der Waals surface area contributed by atoms with Crippen molar-refractivity contribution < 1.29 is 18.9 Å². The molecule has 9 heteroatoms. The van der Waals surface area contributed by atoms with Crippen molar-refractivity contribution >= 4 is 39.5 Å². The first-order valence-electron chi connectivity index (χ1n) is 7.62. The van der Waals surface area contributed by atoms with Crippen LogP contribution in [0, 0.1) is 10.1 Å². The lowest BCUT2D eigenvalue weighted by Gasteiger charge is -2.03. The Kier molecular flexibility index (Phi) is 5.62. The summed E-state index contributed by atoms with van der Waals surface area (Å²) in [5.41, 5.74) is 4.17. The summed E-state index contributed by atoms with van der Waals surface area (Å²) in [6.07, 6.45) is 1.57. The zero-order valence-electron chi connectivity index (χ0n) is 13.7. The maximum absolute atomic E-state index is 11.9. The van der Waals surface area contributed by atoms with Crippen LogP contribution in [0.2, 0.25) is 0 Å². The normalized spacial score (nSPS) is 10.7. The number of nitro groups is 1. The molecule has 0 aliphatic carbocycles. The number of carbonyl (C=O) groups excluding carboxylic acids is 1. The average Bonchev–Trinajstić information content (AvgIpc) is 3.10. The zero-order valence-corrected chi connectivity index (χ0v) is 15.3. The predicted molar refractivity (Wildman–Crippen MR) is 102 cm³/mol. The third-order valence-electron chi connectivity index (χ3n) is 3.35. The van der Waals surface area contributed by atoms with Crippen molar-refractivity contribution in [1.82, 2.24) is 0 Å². The predicted octanol–water partition coefficient (Wildman–Crippen LogP) is 4.62. The van der Waals surface area contributed by atoms with Gasteiger partial charge in [0.2, 0.25) is 5.76 Å². The highest BCUT2D eigenvalue weighted by Gasteiger charge is 2.12. The number of esters is 1. The number of hydrazone groups is 1. The van der Waals surface area contributed by atoms with Crippen LogP contribution in [0.4, 0.5) is 11.4 Å². The summed E-state index contributed by atoms with van der Waals surface area (Å²) in [5, 5.41) is 14.7. The number of rotatable bonds is 6. The summed E-state index contributed by atoms with van der Waals surface area (Å²) in [4.78, 5) is 22.0. The van der Waals surface area contributed by atoms with Gasteiger partial charge < -0.3 is 9.15 Å². The molecule has 3 aromatic rings. The van der Waals surface area contributed by atoms with E-state index < -0.39 is 10.9 Å². The lowest BCUT2D eigenvalue weighted by atomic mass is 10.2. The molecule has 1 N–H and O–H groups in total. The molecular formula is C18H12BrN3O5. The number of nitro benzene ring substituents is 1. The molecule has 1 aromatic heterocycles. The first-order chi connectivity index (χ1) is 13.0. The van der Waals surface area contributed by atoms with Gasteiger partial charge in [-0.05, 0) is 70.0 Å². The Labute approximate surface area is 161 Å². The second-order valence-electron chi connectivity index (χ2n) is 5.24. The van der Waals surface area contributed by atoms with Crippen molar-refractivity contribution in [3.8, 4) is 5.75 Å². The van der Waals surface area contributed by atoms with Crippen LogP contribution in [0.5, 0.6) is 5.75 Å². The van der Waals surface area contributed by atoms with Crippen LogP contribution in [-0.4, -0.2) is 17.1 Å². The molecule has 0 atom stereocenters. The fourth-order valence-corrected chi connectivity index (χ4v) is 2.35. The van der Waals surface area contributed by atoms with E-state index in [1.54, 1.807) is 48.7 Å². The molecule has 2 aromatic carbocycles. The molecule has 3 rings (SSSR count). The maximum atomic E-state index is 11.9. The molecule has 8 nitrogen and oxygen atoms in total. The van der Waals surface area contributed by atoms with Crippen LogP contribution in [0.3, 0.4) is 0 Å². The zero-order chi connectivity index (χ0) is 19.2. The van der Waals surface area contributed by atoms with E-state index in [1.807, 2.05) is 0 Å². The maximum Gasteiger partial charge on any atom is 0.379 e. The summed E-state index contributed by atoms with van der Waals surface area (Å²) in [7, 11) is 0. The molecular weight excluding hydrogens is 418 g/mol. The minimum Gasteiger partial charge on any atom is -0.442 e. The number of nitrogens with one attached hydrogen (secondary N) is 1. The van der Waals surface area contributed by atoms with Crippen LogP contribution in [0.1, 0.15) is 16.1 Å². The van der Waals surface area contributed by atoms with E-state index in [-0.39, 0.29) is 11.4 Å². The van der Waals surface area contributed by atoms with Crippen LogP contribution in [0.25, 0.3) is 0 Å². The van der Waals surface area contributed by atoms with Crippen LogP contribution in [-0.2, 0) is 0 Å². The van der Waals surface area contributed by atoms with Crippen molar-refractivity contribution in [3.05, 3.63) is 86.8 Å². The monoisotopic (exact) mass is 429 g/mol. The first kappa shape index (κ1) is 18.3. The number of carbonyl (C=O) groups is 1. The van der Waals surface area contributed by atoms with Gasteiger partial charge in [0, 0.05) is 12.1 Å². The number of benzene rings is 2. The summed E-state index contributed by atoms with van der Waals surface area (Å²) in [5.74, 6) is -0.130. The Morgan fingerprint density at radius 1 is 1.11 bits per heavy atom. The summed E-state index contributed by atoms with van der Waals surface area (Å²) >= 11 is 3.12. The fourth-order valence-electron chi connectivity index (χ4n) is 2.04. The molecule has 0 aliphatic heterocycles. The van der Waals surface area contributed by atoms with E-state index in [2.05, 4.69) is 26.5 Å². The lowest BCUT2D eigenvalue weighted by Crippen LogP contribution is -2.07. The molecule has 0 amide bonds. The Balaban J connectivity index is 1.56. The van der Waals surface area contributed by atoms with Crippen molar-refractivity contribution in [2.45, 2.75) is 0 Å². The number of hydrogen-bond acceptors (Lipinski definition) is 7. The molecule has 0 saturated heterocycles. The Morgan fingerprint density at radius 2 is 1.81 bits per heavy atom. The number of nitrogens with zero attached hydrogens (tertiary/aromatic N) is 2. The Morgan fingerprint density at radius 3 is 2.41 bits per heavy atom. The second-order valence-corrected chi connectivity index (χ2v) is 6.02. The van der Waals surface area contributed by atoms with E-state index in [0.717, 1.165) is 5.56 Å². The summed E-state index contributed by atoms with van der Waals surface area (Å²) in [6, 6.07) is 15.7. The van der Waals surface area contributed by atoms with E-state index in [9.17, 15) is 14.9 Å². The van der Waals surface area contributed by atoms with Gasteiger partial charge in [0.05, 0.1) is 16.8 Å². The minimum absolute atomic E-state index is 0.0107. The number of hydrogen-bond donors (Lipinski definition) is 1. The molecule has 0 spiro atoms. The number of anilines is 1. The molecule has 0 bridgehead atoms. The van der Waals surface area contributed by atoms with Crippen LogP contribution < -0.4 is 10.2 Å². The van der Waals surface area contributed by atoms with Gasteiger partial charge in [-0.25, -0.2) is 4.79 Å². The topological polar surface area (TPSA) is 107 Å². The van der Waals surface area contributed by atoms with Gasteiger partial charge in [-0.3, -0.25) is 15.5 Å². The first-order valence-corrected chi connectivity index (χ1v) is 8.42. The van der Waals surface area contributed by atoms with Gasteiger partial charge in [0.1, 0.15) is 5.75 Å². The Hall–Kier alpha value is -3.46. The molecule has 0 aliphatic rings. The molecule has 0 unspecified atom stereocenters. The van der Waals surface area contributed by atoms with Crippen molar-refractivity contribution in [1.29, 1.82) is 0 Å². The number of non-ortho nitro benzene ring substituents is 1. The van der Waals surface area contributed by atoms with Gasteiger partial charge in [-0.15, -0.1) is 0 Å². The standard InChI is InChI=1S/C18H12BrN3O5/c19-17-10-9-16(27-17)18(23)26-15-7-1-12(2-8-15)11-20-21-13-3-5-14(6-4-13)22(24)25/h1-11,21H/b20-11+. The summed E-state index contributed by atoms with van der Waals surface area (Å²) in [6.45, 7) is 0. The van der Waals surface area contributed by atoms with Crippen molar-refractivity contribution in [2.24, 2.45) is 5.10 Å². The fraction of sp³-hybridized carbons (Fsp3) is 0. The van der Waals surface area contributed by atoms with Crippen LogP contribution >= 0.6 is 15.9 Å². The molecule has 0 saturated carbocycles. The van der Waals surface area contributed by atoms with Crippen molar-refractivity contribution in [2.75, 3.05) is 5.43 Å². The molecule has 27 heavy (non-hydrogen) atoms. The molecule has 0 fully saturated rings. The lowest BCUT2D eigenvalue weighted by molar-refractivity contribution is -0.384. The smallest absolute Gasteiger partial charge is 0.379 e. The highest BCUT2D eigenvalue weighted by Crippen LogP contribution is 2.18. The van der Waals surface area contributed by atoms with Gasteiger partial charge in [0.25, 0.3) is 5.69 Å². The second kappa shape index (κ2) is 8.28. The SMILES string of the molecule is O=C(Oc1ccc(/C=N/Nc2ccc([N+](=O)[O-])cc2)cc1)c1ccc(Br)o1. The van der Waals surface area contributed by atoms with E-state index >= 15 is 0 Å². The highest BCUT2D eigenvalue weighted by atomic mass is 79.9. The molecule has 0 radical (unpaired) electrons. The molecule has 136 valence electrons. The van der Waals surface area contributed by atoms with Gasteiger partial charge in [-0.1, -0.05) is 0 Å². The number of ether oxygens (including phenoxy) is 1. The average molecular weight is 430 g/mol. The van der Waals surface area contributed by atoms with Gasteiger partial charge in [0.15, 0.2) is 4.67 Å². The van der Waals surface area contributed by atoms with E-state index in [0.29, 0.717) is 16.1 Å². The van der Waals surface area contributed by atoms with E-state index in [4.69, 9.17) is 9.15 Å². The summed E-state index contributed by atoms with van der Waals surface area (Å²) < 4.78 is 10.8. The van der Waals surface area contributed by atoms with Crippen molar-refractivity contribution in [3.63, 3.8) is 0 Å². The largest absolute Gasteiger partial charge is 0.442 e.